The van der Waals surface area contributed by atoms with Gasteiger partial charge in [-0.15, -0.1) is 0 Å². The Morgan fingerprint density at radius 3 is 2.67 bits per heavy atom. The van der Waals surface area contributed by atoms with Crippen molar-refractivity contribution in [2.75, 3.05) is 12.3 Å². The fraction of sp³-hybridized carbons (Fsp3) is 0.533. The minimum atomic E-state index is -0.359. The fourth-order valence-corrected chi connectivity index (χ4v) is 2.79. The van der Waals surface area contributed by atoms with Gasteiger partial charge in [0.2, 0.25) is 0 Å². The summed E-state index contributed by atoms with van der Waals surface area (Å²) in [5.74, 6) is 2.17. The zero-order valence-electron chi connectivity index (χ0n) is 11.3. The van der Waals surface area contributed by atoms with Gasteiger partial charge in [0.25, 0.3) is 0 Å². The van der Waals surface area contributed by atoms with Crippen LogP contribution in [-0.2, 0) is 5.75 Å². The third-order valence-corrected chi connectivity index (χ3v) is 4.01. The van der Waals surface area contributed by atoms with Crippen LogP contribution in [0.5, 0.6) is 0 Å². The number of thioether (sulfide) groups is 1. The van der Waals surface area contributed by atoms with Crippen LogP contribution in [0.4, 0.5) is 0 Å². The predicted octanol–water partition coefficient (Wildman–Crippen LogP) is 3.59. The topological polar surface area (TPSA) is 35.8 Å². The molecule has 0 saturated carbocycles. The summed E-state index contributed by atoms with van der Waals surface area (Å²) in [6.45, 7) is 4.87. The molecule has 98 valence electrons. The molecule has 0 heterocycles. The van der Waals surface area contributed by atoms with E-state index >= 15 is 0 Å². The molecule has 0 fully saturated rings. The van der Waals surface area contributed by atoms with Gasteiger partial charge in [-0.05, 0) is 37.6 Å². The highest BCUT2D eigenvalue weighted by atomic mass is 32.2. The molecule has 18 heavy (non-hydrogen) atoms. The molecule has 0 radical (unpaired) electrons. The third-order valence-electron chi connectivity index (χ3n) is 2.89. The summed E-state index contributed by atoms with van der Waals surface area (Å²) in [6, 6.07) is 12.9. The molecular weight excluding hydrogens is 240 g/mol. The van der Waals surface area contributed by atoms with Crippen molar-refractivity contribution in [2.24, 2.45) is 0 Å². The second-order valence-electron chi connectivity index (χ2n) is 4.62. The van der Waals surface area contributed by atoms with Crippen LogP contribution in [0.25, 0.3) is 0 Å². The summed E-state index contributed by atoms with van der Waals surface area (Å²) in [6.07, 6.45) is 1.99. The van der Waals surface area contributed by atoms with Crippen LogP contribution in [-0.4, -0.2) is 17.8 Å². The molecule has 1 aromatic rings. The standard InChI is InChI=1S/C15H22N2S/c1-3-17-15(2,13-16)10-7-11-18-12-14-8-5-4-6-9-14/h4-6,8-9,17H,3,7,10-12H2,1-2H3. The Morgan fingerprint density at radius 1 is 1.33 bits per heavy atom. The van der Waals surface area contributed by atoms with Crippen LogP contribution >= 0.6 is 11.8 Å². The average Bonchev–Trinajstić information content (AvgIpc) is 2.40. The lowest BCUT2D eigenvalue weighted by atomic mass is 9.98. The molecule has 0 aliphatic carbocycles. The predicted molar refractivity (Wildman–Crippen MR) is 79.5 cm³/mol. The molecule has 2 nitrogen and oxygen atoms in total. The molecule has 3 heteroatoms. The van der Waals surface area contributed by atoms with E-state index in [1.54, 1.807) is 0 Å². The summed E-state index contributed by atoms with van der Waals surface area (Å²) < 4.78 is 0. The average molecular weight is 262 g/mol. The molecule has 0 spiro atoms. The molecule has 1 aromatic carbocycles. The second-order valence-corrected chi connectivity index (χ2v) is 5.72. The molecule has 0 amide bonds. The van der Waals surface area contributed by atoms with E-state index in [0.29, 0.717) is 0 Å². The van der Waals surface area contributed by atoms with Crippen molar-refractivity contribution < 1.29 is 0 Å². The Labute approximate surface area is 115 Å². The minimum Gasteiger partial charge on any atom is -0.300 e. The lowest BCUT2D eigenvalue weighted by Crippen LogP contribution is -2.40. The van der Waals surface area contributed by atoms with E-state index in [1.807, 2.05) is 31.7 Å². The Morgan fingerprint density at radius 2 is 2.06 bits per heavy atom. The fourth-order valence-electron chi connectivity index (χ4n) is 1.87. The lowest BCUT2D eigenvalue weighted by molar-refractivity contribution is 0.426. The van der Waals surface area contributed by atoms with Gasteiger partial charge < -0.3 is 0 Å². The summed E-state index contributed by atoms with van der Waals surface area (Å²) in [5.41, 5.74) is 1.01. The molecule has 0 aliphatic rings. The highest BCUT2D eigenvalue weighted by Crippen LogP contribution is 2.17. The number of hydrogen-bond donors (Lipinski definition) is 1. The summed E-state index contributed by atoms with van der Waals surface area (Å²) in [4.78, 5) is 0. The van der Waals surface area contributed by atoms with Gasteiger partial charge in [-0.1, -0.05) is 37.3 Å². The van der Waals surface area contributed by atoms with E-state index in [-0.39, 0.29) is 5.54 Å². The second kappa shape index (κ2) is 8.18. The SMILES string of the molecule is CCNC(C)(C#N)CCCSCc1ccccc1. The van der Waals surface area contributed by atoms with Gasteiger partial charge in [0, 0.05) is 5.75 Å². The van der Waals surface area contributed by atoms with Gasteiger partial charge in [-0.2, -0.15) is 17.0 Å². The molecule has 1 unspecified atom stereocenters. The number of hydrogen-bond acceptors (Lipinski definition) is 3. The van der Waals surface area contributed by atoms with Gasteiger partial charge in [0.05, 0.1) is 6.07 Å². The van der Waals surface area contributed by atoms with Crippen LogP contribution in [0.1, 0.15) is 32.3 Å². The van der Waals surface area contributed by atoms with E-state index in [9.17, 15) is 0 Å². The van der Waals surface area contributed by atoms with Crippen LogP contribution in [0.2, 0.25) is 0 Å². The quantitative estimate of drug-likeness (QED) is 0.727. The van der Waals surface area contributed by atoms with Crippen LogP contribution in [0.15, 0.2) is 30.3 Å². The zero-order chi connectivity index (χ0) is 13.3. The van der Waals surface area contributed by atoms with E-state index < -0.39 is 0 Å². The van der Waals surface area contributed by atoms with Crippen LogP contribution < -0.4 is 5.32 Å². The van der Waals surface area contributed by atoms with Crippen molar-refractivity contribution in [1.82, 2.24) is 5.32 Å². The Balaban J connectivity index is 2.17. The maximum absolute atomic E-state index is 9.13. The largest absolute Gasteiger partial charge is 0.300 e. The van der Waals surface area contributed by atoms with Crippen molar-refractivity contribution in [3.8, 4) is 6.07 Å². The number of nitrogens with zero attached hydrogens (tertiary/aromatic N) is 1. The van der Waals surface area contributed by atoms with Gasteiger partial charge >= 0.3 is 0 Å². The molecule has 1 atom stereocenters. The summed E-state index contributed by atoms with van der Waals surface area (Å²) in [5, 5.41) is 12.4. The van der Waals surface area contributed by atoms with Gasteiger partial charge in [0.1, 0.15) is 5.54 Å². The first-order valence-corrected chi connectivity index (χ1v) is 7.63. The Bertz CT molecular complexity index is 372. The highest BCUT2D eigenvalue weighted by Gasteiger charge is 2.20. The monoisotopic (exact) mass is 262 g/mol. The van der Waals surface area contributed by atoms with E-state index in [0.717, 1.165) is 30.9 Å². The first-order valence-electron chi connectivity index (χ1n) is 6.48. The molecule has 1 N–H and O–H groups in total. The van der Waals surface area contributed by atoms with Crippen molar-refractivity contribution >= 4 is 11.8 Å². The smallest absolute Gasteiger partial charge is 0.103 e. The number of benzene rings is 1. The summed E-state index contributed by atoms with van der Waals surface area (Å²) >= 11 is 1.94. The number of nitrogens with one attached hydrogen (secondary N) is 1. The minimum absolute atomic E-state index is 0.359. The van der Waals surface area contributed by atoms with Crippen LogP contribution in [0, 0.1) is 11.3 Å². The van der Waals surface area contributed by atoms with Crippen molar-refractivity contribution in [3.63, 3.8) is 0 Å². The molecule has 0 aliphatic heterocycles. The molecule has 0 aromatic heterocycles. The van der Waals surface area contributed by atoms with E-state index in [2.05, 4.69) is 35.7 Å². The lowest BCUT2D eigenvalue weighted by Gasteiger charge is -2.22. The Kier molecular flexibility index (Phi) is 6.85. The van der Waals surface area contributed by atoms with Crippen LogP contribution in [0.3, 0.4) is 0 Å². The molecule has 0 saturated heterocycles. The number of nitriles is 1. The summed E-state index contributed by atoms with van der Waals surface area (Å²) in [7, 11) is 0. The van der Waals surface area contributed by atoms with Crippen molar-refractivity contribution in [2.45, 2.75) is 38.0 Å². The zero-order valence-corrected chi connectivity index (χ0v) is 12.1. The maximum Gasteiger partial charge on any atom is 0.103 e. The Hall–Kier alpha value is -0.980. The highest BCUT2D eigenvalue weighted by molar-refractivity contribution is 7.98. The molecule has 0 bridgehead atoms. The normalized spacial score (nSPS) is 13.8. The van der Waals surface area contributed by atoms with Crippen molar-refractivity contribution in [3.05, 3.63) is 35.9 Å². The number of rotatable bonds is 8. The van der Waals surface area contributed by atoms with Gasteiger partial charge in [-0.3, -0.25) is 5.32 Å². The first kappa shape index (κ1) is 15.1. The van der Waals surface area contributed by atoms with Gasteiger partial charge in [-0.25, -0.2) is 0 Å². The molecular formula is C15H22N2S. The third kappa shape index (κ3) is 5.57. The first-order chi connectivity index (χ1) is 8.70. The van der Waals surface area contributed by atoms with Gasteiger partial charge in [0.15, 0.2) is 0 Å². The maximum atomic E-state index is 9.13. The molecule has 1 rings (SSSR count). The van der Waals surface area contributed by atoms with E-state index in [4.69, 9.17) is 5.26 Å². The van der Waals surface area contributed by atoms with E-state index in [1.165, 1.54) is 5.56 Å². The van der Waals surface area contributed by atoms with Crippen molar-refractivity contribution in [1.29, 1.82) is 5.26 Å².